The van der Waals surface area contributed by atoms with Gasteiger partial charge in [-0.05, 0) is 29.6 Å². The molecule has 0 aliphatic carbocycles. The van der Waals surface area contributed by atoms with Gasteiger partial charge in [0.1, 0.15) is 0 Å². The molecular formula is C14H30. The third kappa shape index (κ3) is 5.02. The molecule has 0 spiro atoms. The molecular weight excluding hydrogens is 168 g/mol. The predicted octanol–water partition coefficient (Wildman–Crippen LogP) is 5.13. The molecule has 0 saturated heterocycles. The second-order valence-electron chi connectivity index (χ2n) is 6.21. The fourth-order valence-electron chi connectivity index (χ4n) is 1.63. The molecule has 0 heteroatoms. The lowest BCUT2D eigenvalue weighted by Crippen LogP contribution is -2.19. The molecule has 86 valence electrons. The largest absolute Gasteiger partial charge is 0.0651 e. The minimum Gasteiger partial charge on any atom is -0.0651 e. The van der Waals surface area contributed by atoms with Crippen molar-refractivity contribution in [2.75, 3.05) is 0 Å². The Labute approximate surface area is 91.5 Å². The third-order valence-electron chi connectivity index (χ3n) is 4.15. The van der Waals surface area contributed by atoms with E-state index in [1.54, 1.807) is 0 Å². The maximum absolute atomic E-state index is 2.41. The molecule has 0 aromatic rings. The summed E-state index contributed by atoms with van der Waals surface area (Å²) in [7, 11) is 0. The highest BCUT2D eigenvalue weighted by molar-refractivity contribution is 4.71. The van der Waals surface area contributed by atoms with E-state index in [-0.39, 0.29) is 0 Å². The van der Waals surface area contributed by atoms with Gasteiger partial charge in [0.25, 0.3) is 0 Å². The molecule has 14 heavy (non-hydrogen) atoms. The van der Waals surface area contributed by atoms with Crippen LogP contribution in [0.25, 0.3) is 0 Å². The molecule has 0 saturated carbocycles. The standard InChI is InChI=1S/C14H30/c1-8-11(2)12(3)9-10-13(4)14(5,6)7/h11-13H,8-10H2,1-7H3. The van der Waals surface area contributed by atoms with E-state index in [0.29, 0.717) is 5.41 Å². The van der Waals surface area contributed by atoms with Crippen molar-refractivity contribution >= 4 is 0 Å². The van der Waals surface area contributed by atoms with Crippen molar-refractivity contribution in [2.45, 2.75) is 67.7 Å². The average Bonchev–Trinajstić information content (AvgIpc) is 2.10. The highest BCUT2D eigenvalue weighted by Gasteiger charge is 2.21. The summed E-state index contributed by atoms with van der Waals surface area (Å²) in [6.45, 7) is 16.5. The van der Waals surface area contributed by atoms with Gasteiger partial charge in [0.2, 0.25) is 0 Å². The Morgan fingerprint density at radius 1 is 0.857 bits per heavy atom. The van der Waals surface area contributed by atoms with Crippen LogP contribution in [0.1, 0.15) is 67.7 Å². The molecule has 0 heterocycles. The fraction of sp³-hybridized carbons (Fsp3) is 1.00. The first-order valence-electron chi connectivity index (χ1n) is 6.29. The fourth-order valence-corrected chi connectivity index (χ4v) is 1.63. The van der Waals surface area contributed by atoms with Crippen molar-refractivity contribution in [3.8, 4) is 0 Å². The van der Waals surface area contributed by atoms with Gasteiger partial charge in [-0.1, -0.05) is 61.3 Å². The van der Waals surface area contributed by atoms with Gasteiger partial charge in [-0.25, -0.2) is 0 Å². The van der Waals surface area contributed by atoms with E-state index in [1.165, 1.54) is 19.3 Å². The Morgan fingerprint density at radius 3 is 1.71 bits per heavy atom. The zero-order valence-electron chi connectivity index (χ0n) is 11.4. The van der Waals surface area contributed by atoms with Crippen LogP contribution in [0.3, 0.4) is 0 Å². The topological polar surface area (TPSA) is 0 Å². The smallest absolute Gasteiger partial charge is 0.0357 e. The molecule has 0 nitrogen and oxygen atoms in total. The van der Waals surface area contributed by atoms with E-state index in [1.807, 2.05) is 0 Å². The second-order valence-corrected chi connectivity index (χ2v) is 6.21. The molecule has 0 fully saturated rings. The van der Waals surface area contributed by atoms with Crippen LogP contribution in [0.2, 0.25) is 0 Å². The van der Waals surface area contributed by atoms with E-state index in [0.717, 1.165) is 17.8 Å². The molecule has 0 aliphatic heterocycles. The zero-order chi connectivity index (χ0) is 11.4. The molecule has 3 atom stereocenters. The van der Waals surface area contributed by atoms with Crippen molar-refractivity contribution in [3.63, 3.8) is 0 Å². The van der Waals surface area contributed by atoms with Gasteiger partial charge < -0.3 is 0 Å². The van der Waals surface area contributed by atoms with Crippen LogP contribution >= 0.6 is 0 Å². The summed E-state index contributed by atoms with van der Waals surface area (Å²) in [5.41, 5.74) is 0.481. The van der Waals surface area contributed by atoms with E-state index < -0.39 is 0 Å². The van der Waals surface area contributed by atoms with Crippen LogP contribution in [0, 0.1) is 23.2 Å². The Balaban J connectivity index is 3.83. The van der Waals surface area contributed by atoms with Crippen LogP contribution in [0.5, 0.6) is 0 Å². The maximum Gasteiger partial charge on any atom is -0.0357 e. The maximum atomic E-state index is 2.41. The monoisotopic (exact) mass is 198 g/mol. The molecule has 0 aliphatic rings. The molecule has 0 radical (unpaired) electrons. The van der Waals surface area contributed by atoms with Crippen LogP contribution in [0.15, 0.2) is 0 Å². The lowest BCUT2D eigenvalue weighted by atomic mass is 9.77. The molecule has 3 unspecified atom stereocenters. The number of hydrogen-bond acceptors (Lipinski definition) is 0. The predicted molar refractivity (Wildman–Crippen MR) is 66.5 cm³/mol. The SMILES string of the molecule is CCC(C)C(C)CCC(C)C(C)(C)C. The van der Waals surface area contributed by atoms with Crippen LogP contribution < -0.4 is 0 Å². The van der Waals surface area contributed by atoms with Crippen molar-refractivity contribution in [3.05, 3.63) is 0 Å². The third-order valence-corrected chi connectivity index (χ3v) is 4.15. The van der Waals surface area contributed by atoms with E-state index in [9.17, 15) is 0 Å². The summed E-state index contributed by atoms with van der Waals surface area (Å²) < 4.78 is 0. The van der Waals surface area contributed by atoms with E-state index in [2.05, 4.69) is 48.5 Å². The molecule has 0 rings (SSSR count). The summed E-state index contributed by atoms with van der Waals surface area (Å²) in [6.07, 6.45) is 4.10. The van der Waals surface area contributed by atoms with Crippen molar-refractivity contribution in [1.82, 2.24) is 0 Å². The molecule has 0 N–H and O–H groups in total. The normalized spacial score (nSPS) is 19.1. The van der Waals surface area contributed by atoms with Crippen LogP contribution in [0.4, 0.5) is 0 Å². The van der Waals surface area contributed by atoms with Gasteiger partial charge in [-0.2, -0.15) is 0 Å². The average molecular weight is 198 g/mol. The lowest BCUT2D eigenvalue weighted by Gasteiger charge is -2.29. The first-order valence-corrected chi connectivity index (χ1v) is 6.29. The van der Waals surface area contributed by atoms with Gasteiger partial charge in [0.15, 0.2) is 0 Å². The van der Waals surface area contributed by atoms with Gasteiger partial charge in [0, 0.05) is 0 Å². The molecule has 0 bridgehead atoms. The van der Waals surface area contributed by atoms with E-state index in [4.69, 9.17) is 0 Å². The summed E-state index contributed by atoms with van der Waals surface area (Å²) in [4.78, 5) is 0. The summed E-state index contributed by atoms with van der Waals surface area (Å²) >= 11 is 0. The highest BCUT2D eigenvalue weighted by Crippen LogP contribution is 2.31. The Hall–Kier alpha value is 0. The molecule has 0 amide bonds. The Morgan fingerprint density at radius 2 is 1.36 bits per heavy atom. The van der Waals surface area contributed by atoms with Crippen LogP contribution in [-0.4, -0.2) is 0 Å². The van der Waals surface area contributed by atoms with Gasteiger partial charge in [-0.3, -0.25) is 0 Å². The second kappa shape index (κ2) is 5.78. The van der Waals surface area contributed by atoms with E-state index >= 15 is 0 Å². The number of rotatable bonds is 5. The lowest BCUT2D eigenvalue weighted by molar-refractivity contribution is 0.218. The Bertz CT molecular complexity index is 141. The van der Waals surface area contributed by atoms with Gasteiger partial charge in [0.05, 0.1) is 0 Å². The summed E-state index contributed by atoms with van der Waals surface area (Å²) in [6, 6.07) is 0. The first-order chi connectivity index (χ1) is 6.29. The Kier molecular flexibility index (Phi) is 5.78. The minimum absolute atomic E-state index is 0.481. The highest BCUT2D eigenvalue weighted by atomic mass is 14.3. The minimum atomic E-state index is 0.481. The van der Waals surface area contributed by atoms with Crippen molar-refractivity contribution in [1.29, 1.82) is 0 Å². The quantitative estimate of drug-likeness (QED) is 0.574. The number of hydrogen-bond donors (Lipinski definition) is 0. The molecule has 0 aromatic carbocycles. The van der Waals surface area contributed by atoms with Gasteiger partial charge in [-0.15, -0.1) is 0 Å². The first kappa shape index (κ1) is 14.0. The zero-order valence-corrected chi connectivity index (χ0v) is 11.4. The van der Waals surface area contributed by atoms with Crippen LogP contribution in [-0.2, 0) is 0 Å². The summed E-state index contributed by atoms with van der Waals surface area (Å²) in [5.74, 6) is 2.63. The van der Waals surface area contributed by atoms with Gasteiger partial charge >= 0.3 is 0 Å². The van der Waals surface area contributed by atoms with Crippen molar-refractivity contribution in [2.24, 2.45) is 23.2 Å². The summed E-state index contributed by atoms with van der Waals surface area (Å²) in [5, 5.41) is 0. The van der Waals surface area contributed by atoms with Crippen molar-refractivity contribution < 1.29 is 0 Å². The molecule has 0 aromatic heterocycles.